The van der Waals surface area contributed by atoms with Crippen molar-refractivity contribution in [3.63, 3.8) is 0 Å². The molecule has 0 saturated heterocycles. The molecule has 0 spiro atoms. The monoisotopic (exact) mass is 274 g/mol. The molecule has 0 radical (unpaired) electrons. The summed E-state index contributed by atoms with van der Waals surface area (Å²) in [7, 11) is 0. The Labute approximate surface area is 116 Å². The van der Waals surface area contributed by atoms with Crippen molar-refractivity contribution in [2.75, 3.05) is 0 Å². The van der Waals surface area contributed by atoms with Crippen LogP contribution in [-0.4, -0.2) is 0 Å². The van der Waals surface area contributed by atoms with Gasteiger partial charge in [0, 0.05) is 22.9 Å². The number of hydrogen-bond donors (Lipinski definition) is 0. The number of allylic oxidation sites excluding steroid dienone is 8. The molecule has 2 aliphatic rings. The summed E-state index contributed by atoms with van der Waals surface area (Å²) in [6.07, 6.45) is 12.3. The minimum Gasteiger partial charge on any atom is -0.0885 e. The van der Waals surface area contributed by atoms with Gasteiger partial charge in [-0.15, -0.1) is 0 Å². The summed E-state index contributed by atoms with van der Waals surface area (Å²) < 4.78 is 0. The van der Waals surface area contributed by atoms with E-state index in [-0.39, 0.29) is 21.7 Å². The summed E-state index contributed by atoms with van der Waals surface area (Å²) >= 11 is 12.1. The van der Waals surface area contributed by atoms with Crippen molar-refractivity contribution in [1.29, 1.82) is 0 Å². The van der Waals surface area contributed by atoms with E-state index in [1.807, 2.05) is 0 Å². The summed E-state index contributed by atoms with van der Waals surface area (Å²) in [5.41, 5.74) is 2.54. The Morgan fingerprint density at radius 1 is 0.867 bits per heavy atom. The fraction of sp³-hybridized carbons (Fsp3) is 0.333. The van der Waals surface area contributed by atoms with Gasteiger partial charge in [0.15, 0.2) is 0 Å². The molecular weight excluding hydrogens is 263 g/mol. The second kappa shape index (κ2) is 6.10. The summed E-state index contributed by atoms with van der Waals surface area (Å²) in [6, 6.07) is 0. The Bertz CT molecular complexity index is 326. The molecule has 0 aliphatic heterocycles. The molecule has 0 bridgehead atoms. The first-order valence-corrected chi connectivity index (χ1v) is 5.61. The third-order valence-corrected chi connectivity index (χ3v) is 3.39. The average Bonchev–Trinajstić information content (AvgIpc) is 2.72. The van der Waals surface area contributed by atoms with Gasteiger partial charge in [-0.1, -0.05) is 47.5 Å². The third kappa shape index (κ3) is 3.36. The van der Waals surface area contributed by atoms with E-state index in [2.05, 4.69) is 24.3 Å². The van der Waals surface area contributed by atoms with Crippen LogP contribution in [-0.2, 0) is 21.7 Å². The van der Waals surface area contributed by atoms with Crippen LogP contribution < -0.4 is 0 Å². The molecule has 0 heterocycles. The molecule has 0 aromatic heterocycles. The van der Waals surface area contributed by atoms with Crippen LogP contribution in [0.15, 0.2) is 45.5 Å². The number of rotatable bonds is 3. The average molecular weight is 275 g/mol. The molecule has 0 atom stereocenters. The van der Waals surface area contributed by atoms with Gasteiger partial charge in [-0.25, -0.2) is 0 Å². The first-order chi connectivity index (χ1) is 6.77. The second-order valence-electron chi connectivity index (χ2n) is 3.57. The zero-order valence-electron chi connectivity index (χ0n) is 8.39. The van der Waals surface area contributed by atoms with Crippen molar-refractivity contribution in [2.45, 2.75) is 25.7 Å². The van der Waals surface area contributed by atoms with Crippen molar-refractivity contribution >= 4 is 23.2 Å². The van der Waals surface area contributed by atoms with E-state index in [0.717, 1.165) is 35.7 Å². The molecule has 0 N–H and O–H groups in total. The van der Waals surface area contributed by atoms with Gasteiger partial charge in [0.2, 0.25) is 0 Å². The smallest absolute Gasteiger partial charge is 0.0885 e. The van der Waals surface area contributed by atoms with Gasteiger partial charge >= 0.3 is 21.7 Å². The van der Waals surface area contributed by atoms with Crippen molar-refractivity contribution in [1.82, 2.24) is 0 Å². The predicted molar refractivity (Wildman–Crippen MR) is 62.5 cm³/mol. The Kier molecular flexibility index (Phi) is 5.42. The first-order valence-electron chi connectivity index (χ1n) is 4.85. The Morgan fingerprint density at radius 2 is 1.27 bits per heavy atom. The minimum atomic E-state index is 0. The standard InChI is InChI=1S/C12H12Cl2.Ti/c13-11-5-1-3-9(11)7-8-10-4-2-6-12(10)14;/h1-4H,5-8H2;/q;+2. The minimum absolute atomic E-state index is 0. The van der Waals surface area contributed by atoms with Crippen molar-refractivity contribution in [2.24, 2.45) is 0 Å². The molecule has 0 aromatic rings. The van der Waals surface area contributed by atoms with E-state index in [9.17, 15) is 0 Å². The fourth-order valence-corrected chi connectivity index (χ4v) is 2.25. The summed E-state index contributed by atoms with van der Waals surface area (Å²) in [4.78, 5) is 0. The van der Waals surface area contributed by atoms with Crippen LogP contribution in [0, 0.1) is 0 Å². The fourth-order valence-electron chi connectivity index (χ4n) is 1.76. The Hall–Kier alpha value is 0.254. The quantitative estimate of drug-likeness (QED) is 0.656. The van der Waals surface area contributed by atoms with Crippen LogP contribution in [0.2, 0.25) is 0 Å². The maximum Gasteiger partial charge on any atom is 2.00 e. The van der Waals surface area contributed by atoms with E-state index in [1.165, 1.54) is 11.1 Å². The van der Waals surface area contributed by atoms with Crippen molar-refractivity contribution < 1.29 is 21.7 Å². The molecule has 0 aromatic carbocycles. The molecule has 0 fully saturated rings. The van der Waals surface area contributed by atoms with E-state index in [4.69, 9.17) is 23.2 Å². The van der Waals surface area contributed by atoms with Gasteiger partial charge in [-0.3, -0.25) is 0 Å². The van der Waals surface area contributed by atoms with Crippen LogP contribution in [0.5, 0.6) is 0 Å². The van der Waals surface area contributed by atoms with E-state index < -0.39 is 0 Å². The topological polar surface area (TPSA) is 0 Å². The predicted octanol–water partition coefficient (Wildman–Crippen LogP) is 4.67. The third-order valence-electron chi connectivity index (χ3n) is 2.59. The molecule has 76 valence electrons. The molecule has 3 heteroatoms. The molecule has 0 unspecified atom stereocenters. The number of hydrogen-bond acceptors (Lipinski definition) is 0. The van der Waals surface area contributed by atoms with E-state index in [1.54, 1.807) is 0 Å². The van der Waals surface area contributed by atoms with Gasteiger partial charge in [0.25, 0.3) is 0 Å². The van der Waals surface area contributed by atoms with Crippen molar-refractivity contribution in [3.8, 4) is 0 Å². The van der Waals surface area contributed by atoms with Crippen LogP contribution in [0.3, 0.4) is 0 Å². The maximum absolute atomic E-state index is 6.05. The summed E-state index contributed by atoms with van der Waals surface area (Å²) in [5.74, 6) is 0. The second-order valence-corrected chi connectivity index (χ2v) is 4.49. The van der Waals surface area contributed by atoms with Crippen LogP contribution in [0.25, 0.3) is 0 Å². The molecule has 15 heavy (non-hydrogen) atoms. The summed E-state index contributed by atoms with van der Waals surface area (Å²) in [6.45, 7) is 0. The SMILES string of the molecule is ClC1=C(CCC2=C(Cl)CC=C2)C=CC1.[Ti+2]. The van der Waals surface area contributed by atoms with Gasteiger partial charge in [0.1, 0.15) is 0 Å². The Morgan fingerprint density at radius 3 is 1.53 bits per heavy atom. The zero-order chi connectivity index (χ0) is 9.97. The Balaban J connectivity index is 0.00000112. The molecule has 2 rings (SSSR count). The zero-order valence-corrected chi connectivity index (χ0v) is 11.5. The van der Waals surface area contributed by atoms with Crippen LogP contribution in [0.1, 0.15) is 25.7 Å². The van der Waals surface area contributed by atoms with E-state index in [0.29, 0.717) is 0 Å². The summed E-state index contributed by atoms with van der Waals surface area (Å²) in [5, 5.41) is 1.98. The number of halogens is 2. The molecule has 0 saturated carbocycles. The molecule has 2 aliphatic carbocycles. The largest absolute Gasteiger partial charge is 2.00 e. The van der Waals surface area contributed by atoms with Gasteiger partial charge in [0.05, 0.1) is 0 Å². The van der Waals surface area contributed by atoms with Crippen LogP contribution >= 0.6 is 23.2 Å². The van der Waals surface area contributed by atoms with Gasteiger partial charge < -0.3 is 0 Å². The van der Waals surface area contributed by atoms with E-state index >= 15 is 0 Å². The van der Waals surface area contributed by atoms with Gasteiger partial charge in [-0.05, 0) is 24.0 Å². The first kappa shape index (κ1) is 13.3. The maximum atomic E-state index is 6.05. The molecule has 0 nitrogen and oxygen atoms in total. The normalized spacial score (nSPS) is 19.1. The van der Waals surface area contributed by atoms with Gasteiger partial charge in [-0.2, -0.15) is 0 Å². The molecular formula is C12H12Cl2Ti+2. The molecule has 0 amide bonds. The van der Waals surface area contributed by atoms with Crippen molar-refractivity contribution in [3.05, 3.63) is 45.5 Å². The van der Waals surface area contributed by atoms with Crippen LogP contribution in [0.4, 0.5) is 0 Å².